The van der Waals surface area contributed by atoms with Gasteiger partial charge in [0.25, 0.3) is 5.91 Å². The molecular formula is C19H15FN2O4. The zero-order valence-corrected chi connectivity index (χ0v) is 14.1. The summed E-state index contributed by atoms with van der Waals surface area (Å²) in [6, 6.07) is 12.8. The predicted molar refractivity (Wildman–Crippen MR) is 92.4 cm³/mol. The van der Waals surface area contributed by atoms with Crippen LogP contribution < -0.4 is 5.32 Å². The van der Waals surface area contributed by atoms with Gasteiger partial charge in [0, 0.05) is 11.3 Å². The molecule has 2 aromatic carbocycles. The maximum atomic E-state index is 13.7. The maximum Gasteiger partial charge on any atom is 0.340 e. The van der Waals surface area contributed by atoms with Crippen LogP contribution in [0.5, 0.6) is 0 Å². The Morgan fingerprint density at radius 1 is 1.15 bits per heavy atom. The van der Waals surface area contributed by atoms with E-state index in [9.17, 15) is 14.0 Å². The van der Waals surface area contributed by atoms with Gasteiger partial charge in [0.2, 0.25) is 5.89 Å². The molecule has 6 nitrogen and oxygen atoms in total. The minimum Gasteiger partial charge on any atom is -0.465 e. The molecule has 7 heteroatoms. The molecule has 0 spiro atoms. The van der Waals surface area contributed by atoms with Crippen molar-refractivity contribution in [3.8, 4) is 11.5 Å². The number of aromatic nitrogens is 1. The van der Waals surface area contributed by atoms with Gasteiger partial charge in [-0.1, -0.05) is 18.2 Å². The van der Waals surface area contributed by atoms with Crippen LogP contribution in [0.3, 0.4) is 0 Å². The molecule has 1 heterocycles. The average molecular weight is 354 g/mol. The Hall–Kier alpha value is -3.48. The summed E-state index contributed by atoms with van der Waals surface area (Å²) in [6.45, 7) is 1.62. The fourth-order valence-electron chi connectivity index (χ4n) is 2.37. The number of oxazole rings is 1. The van der Waals surface area contributed by atoms with Crippen molar-refractivity contribution >= 4 is 17.6 Å². The molecule has 0 saturated carbocycles. The van der Waals surface area contributed by atoms with E-state index in [1.807, 2.05) is 30.3 Å². The number of carbonyl (C=O) groups is 2. The quantitative estimate of drug-likeness (QED) is 0.720. The summed E-state index contributed by atoms with van der Waals surface area (Å²) in [5.41, 5.74) is 0.810. The van der Waals surface area contributed by atoms with E-state index in [0.717, 1.165) is 18.7 Å². The predicted octanol–water partition coefficient (Wildman–Crippen LogP) is 3.83. The highest BCUT2D eigenvalue weighted by Crippen LogP contribution is 2.23. The van der Waals surface area contributed by atoms with Crippen LogP contribution in [0.25, 0.3) is 11.5 Å². The summed E-state index contributed by atoms with van der Waals surface area (Å²) < 4.78 is 23.7. The van der Waals surface area contributed by atoms with E-state index < -0.39 is 17.7 Å². The normalized spacial score (nSPS) is 10.4. The van der Waals surface area contributed by atoms with E-state index in [2.05, 4.69) is 15.0 Å². The van der Waals surface area contributed by atoms with Crippen LogP contribution in [0.1, 0.15) is 26.6 Å². The Morgan fingerprint density at radius 3 is 2.58 bits per heavy atom. The first kappa shape index (κ1) is 17.3. The molecule has 0 saturated heterocycles. The zero-order chi connectivity index (χ0) is 18.7. The lowest BCUT2D eigenvalue weighted by atomic mass is 10.2. The molecule has 0 unspecified atom stereocenters. The third-order valence-electron chi connectivity index (χ3n) is 3.66. The van der Waals surface area contributed by atoms with Gasteiger partial charge in [-0.2, -0.15) is 0 Å². The second kappa shape index (κ2) is 7.18. The standard InChI is InChI=1S/C19H15FN2O4/c1-11-16(22-18(26-11)12-6-4-3-5-7-12)17(23)21-13-8-9-15(20)14(10-13)19(24)25-2/h3-10H,1-2H3,(H,21,23). The molecule has 0 aliphatic rings. The Kier molecular flexibility index (Phi) is 4.79. The lowest BCUT2D eigenvalue weighted by molar-refractivity contribution is 0.0595. The van der Waals surface area contributed by atoms with Gasteiger partial charge in [0.1, 0.15) is 11.6 Å². The van der Waals surface area contributed by atoms with Crippen LogP contribution in [-0.4, -0.2) is 24.0 Å². The third kappa shape index (κ3) is 3.46. The maximum absolute atomic E-state index is 13.7. The van der Waals surface area contributed by atoms with Crippen LogP contribution in [0.4, 0.5) is 10.1 Å². The molecule has 0 aliphatic heterocycles. The first-order chi connectivity index (χ1) is 12.5. The van der Waals surface area contributed by atoms with Crippen LogP contribution >= 0.6 is 0 Å². The summed E-state index contributed by atoms with van der Waals surface area (Å²) in [5, 5.41) is 2.57. The summed E-state index contributed by atoms with van der Waals surface area (Å²) in [7, 11) is 1.15. The Morgan fingerprint density at radius 2 is 1.88 bits per heavy atom. The molecule has 0 atom stereocenters. The molecule has 0 radical (unpaired) electrons. The van der Waals surface area contributed by atoms with E-state index >= 15 is 0 Å². The minimum atomic E-state index is -0.831. The van der Waals surface area contributed by atoms with Crippen LogP contribution in [0, 0.1) is 12.7 Å². The number of halogens is 1. The van der Waals surface area contributed by atoms with Gasteiger partial charge in [-0.3, -0.25) is 4.79 Å². The summed E-state index contributed by atoms with van der Waals surface area (Å²) in [5.74, 6) is -1.43. The Labute approximate surface area is 148 Å². The van der Waals surface area contributed by atoms with Crippen molar-refractivity contribution in [1.29, 1.82) is 0 Å². The molecule has 3 rings (SSSR count). The van der Waals surface area contributed by atoms with E-state index in [1.165, 1.54) is 12.1 Å². The van der Waals surface area contributed by atoms with Crippen molar-refractivity contribution in [2.45, 2.75) is 6.92 Å². The largest absolute Gasteiger partial charge is 0.465 e. The third-order valence-corrected chi connectivity index (χ3v) is 3.66. The summed E-state index contributed by atoms with van der Waals surface area (Å²) in [4.78, 5) is 28.2. The highest BCUT2D eigenvalue weighted by molar-refractivity contribution is 6.04. The van der Waals surface area contributed by atoms with Crippen molar-refractivity contribution in [2.75, 3.05) is 12.4 Å². The van der Waals surface area contributed by atoms with Crippen molar-refractivity contribution in [3.63, 3.8) is 0 Å². The zero-order valence-electron chi connectivity index (χ0n) is 14.1. The van der Waals surface area contributed by atoms with Gasteiger partial charge in [0.05, 0.1) is 12.7 Å². The number of methoxy groups -OCH3 is 1. The van der Waals surface area contributed by atoms with Gasteiger partial charge >= 0.3 is 5.97 Å². The average Bonchev–Trinajstić information content (AvgIpc) is 3.05. The smallest absolute Gasteiger partial charge is 0.340 e. The lowest BCUT2D eigenvalue weighted by Crippen LogP contribution is -2.14. The van der Waals surface area contributed by atoms with Crippen molar-refractivity contribution in [2.24, 2.45) is 0 Å². The van der Waals surface area contributed by atoms with E-state index in [0.29, 0.717) is 11.7 Å². The monoisotopic (exact) mass is 354 g/mol. The number of rotatable bonds is 4. The first-order valence-corrected chi connectivity index (χ1v) is 7.71. The van der Waals surface area contributed by atoms with Crippen LogP contribution in [0.2, 0.25) is 0 Å². The van der Waals surface area contributed by atoms with E-state index in [1.54, 1.807) is 6.92 Å². The number of nitrogens with zero attached hydrogens (tertiary/aromatic N) is 1. The summed E-state index contributed by atoms with van der Waals surface area (Å²) >= 11 is 0. The number of anilines is 1. The first-order valence-electron chi connectivity index (χ1n) is 7.71. The van der Waals surface area contributed by atoms with Crippen molar-refractivity contribution in [1.82, 2.24) is 4.98 Å². The highest BCUT2D eigenvalue weighted by atomic mass is 19.1. The SMILES string of the molecule is COC(=O)c1cc(NC(=O)c2nc(-c3ccccc3)oc2C)ccc1F. The summed E-state index contributed by atoms with van der Waals surface area (Å²) in [6.07, 6.45) is 0. The number of aryl methyl sites for hydroxylation is 1. The fraction of sp³-hybridized carbons (Fsp3) is 0.105. The Bertz CT molecular complexity index is 967. The van der Waals surface area contributed by atoms with Gasteiger partial charge in [-0.25, -0.2) is 14.2 Å². The number of hydrogen-bond donors (Lipinski definition) is 1. The molecule has 0 fully saturated rings. The van der Waals surface area contributed by atoms with Gasteiger partial charge in [-0.15, -0.1) is 0 Å². The van der Waals surface area contributed by atoms with E-state index in [4.69, 9.17) is 4.42 Å². The number of esters is 1. The van der Waals surface area contributed by atoms with Gasteiger partial charge < -0.3 is 14.5 Å². The number of hydrogen-bond acceptors (Lipinski definition) is 5. The molecule has 26 heavy (non-hydrogen) atoms. The second-order valence-electron chi connectivity index (χ2n) is 5.43. The van der Waals surface area contributed by atoms with Crippen molar-refractivity contribution in [3.05, 3.63) is 71.4 Å². The molecule has 1 amide bonds. The molecule has 0 aliphatic carbocycles. The number of ether oxygens (including phenoxy) is 1. The second-order valence-corrected chi connectivity index (χ2v) is 5.43. The van der Waals surface area contributed by atoms with Crippen molar-refractivity contribution < 1.29 is 23.1 Å². The molecule has 0 bridgehead atoms. The highest BCUT2D eigenvalue weighted by Gasteiger charge is 2.19. The van der Waals surface area contributed by atoms with Crippen LogP contribution in [-0.2, 0) is 4.74 Å². The van der Waals surface area contributed by atoms with Gasteiger partial charge in [0.15, 0.2) is 5.69 Å². The van der Waals surface area contributed by atoms with Crippen LogP contribution in [0.15, 0.2) is 52.9 Å². The van der Waals surface area contributed by atoms with Gasteiger partial charge in [-0.05, 0) is 37.3 Å². The number of nitrogens with one attached hydrogen (secondary N) is 1. The number of carbonyl (C=O) groups excluding carboxylic acids is 2. The lowest BCUT2D eigenvalue weighted by Gasteiger charge is -2.06. The minimum absolute atomic E-state index is 0.104. The Balaban J connectivity index is 1.85. The fourth-order valence-corrected chi connectivity index (χ4v) is 2.37. The molecule has 132 valence electrons. The molecule has 1 N–H and O–H groups in total. The molecule has 1 aromatic heterocycles. The molecule has 3 aromatic rings. The molecular weight excluding hydrogens is 339 g/mol. The topological polar surface area (TPSA) is 81.4 Å². The number of amides is 1. The number of benzene rings is 2. The van der Waals surface area contributed by atoms with E-state index in [-0.39, 0.29) is 16.9 Å².